The Kier molecular flexibility index (Phi) is 2.87. The number of ether oxygens (including phenoxy) is 2. The van der Waals surface area contributed by atoms with Crippen LogP contribution in [-0.2, 0) is 19.1 Å². The number of hydrogen-bond donors (Lipinski definition) is 1. The first kappa shape index (κ1) is 14.9. The number of rotatable bonds is 3. The van der Waals surface area contributed by atoms with Crippen LogP contribution >= 0.6 is 0 Å². The first-order valence-electron chi connectivity index (χ1n) is 7.69. The molecule has 3 aliphatic heterocycles. The zero-order chi connectivity index (χ0) is 16.7. The van der Waals surface area contributed by atoms with E-state index in [1.165, 1.54) is 7.11 Å². The Labute approximate surface area is 134 Å². The minimum Gasteiger partial charge on any atom is -0.492 e. The maximum Gasteiger partial charge on any atom is 0.226 e. The van der Waals surface area contributed by atoms with E-state index < -0.39 is 11.6 Å². The van der Waals surface area contributed by atoms with E-state index in [0.717, 1.165) is 0 Å². The van der Waals surface area contributed by atoms with Crippen molar-refractivity contribution < 1.29 is 24.2 Å². The molecule has 23 heavy (non-hydrogen) atoms. The molecule has 5 unspecified atom stereocenters. The Balaban J connectivity index is 1.89. The summed E-state index contributed by atoms with van der Waals surface area (Å²) < 4.78 is 11.0. The van der Waals surface area contributed by atoms with Gasteiger partial charge in [0.1, 0.15) is 0 Å². The molecule has 0 amide bonds. The fourth-order valence-electron chi connectivity index (χ4n) is 4.79. The van der Waals surface area contributed by atoms with Gasteiger partial charge in [-0.1, -0.05) is 0 Å². The van der Waals surface area contributed by atoms with Crippen molar-refractivity contribution in [3.8, 4) is 0 Å². The number of methoxy groups -OCH3 is 2. The van der Waals surface area contributed by atoms with Crippen LogP contribution in [0.25, 0.3) is 0 Å². The molecule has 5 atom stereocenters. The number of allylic oxidation sites excluding steroid dienone is 2. The fourth-order valence-corrected chi connectivity index (χ4v) is 4.79. The maximum atomic E-state index is 12.9. The average Bonchev–Trinajstić information content (AvgIpc) is 2.94. The molecule has 2 fully saturated rings. The van der Waals surface area contributed by atoms with Crippen molar-refractivity contribution in [2.75, 3.05) is 34.4 Å². The van der Waals surface area contributed by atoms with Gasteiger partial charge in [-0.25, -0.2) is 0 Å². The molecule has 0 bridgehead atoms. The van der Waals surface area contributed by atoms with Gasteiger partial charge in [-0.05, 0) is 14.0 Å². The molecule has 7 heteroatoms. The molecule has 4 rings (SSSR count). The summed E-state index contributed by atoms with van der Waals surface area (Å²) >= 11 is 0. The minimum absolute atomic E-state index is 0.0697. The van der Waals surface area contributed by atoms with Crippen LogP contribution in [0.15, 0.2) is 22.6 Å². The summed E-state index contributed by atoms with van der Waals surface area (Å²) in [7, 11) is 4.96. The predicted octanol–water partition coefficient (Wildman–Crippen LogP) is -0.724. The smallest absolute Gasteiger partial charge is 0.226 e. The molecule has 3 heterocycles. The third-order valence-corrected chi connectivity index (χ3v) is 5.89. The van der Waals surface area contributed by atoms with Gasteiger partial charge in [-0.15, -0.1) is 0 Å². The molecule has 0 saturated carbocycles. The second-order valence-electron chi connectivity index (χ2n) is 6.56. The number of aliphatic hydroxyl groups excluding tert-OH is 1. The lowest BCUT2D eigenvalue weighted by Crippen LogP contribution is -2.55. The standard InChI is InChI=1S/C16H20N2O5/c1-7-12(20)11-10(13(21)14(7)22-3)8(6-19)16(23-4)15-9(17(15)2)5-18(11)16/h8-9,15,19H,5-6H2,1-4H3. The molecule has 7 nitrogen and oxygen atoms in total. The Morgan fingerprint density at radius 2 is 2.00 bits per heavy atom. The van der Waals surface area contributed by atoms with Gasteiger partial charge in [0.05, 0.1) is 31.4 Å². The lowest BCUT2D eigenvalue weighted by Gasteiger charge is -2.40. The largest absolute Gasteiger partial charge is 0.492 e. The van der Waals surface area contributed by atoms with Gasteiger partial charge >= 0.3 is 0 Å². The lowest BCUT2D eigenvalue weighted by atomic mass is 9.83. The van der Waals surface area contributed by atoms with Crippen LogP contribution < -0.4 is 0 Å². The highest BCUT2D eigenvalue weighted by Gasteiger charge is 2.75. The first-order valence-corrected chi connectivity index (χ1v) is 7.69. The second-order valence-corrected chi connectivity index (χ2v) is 6.56. The van der Waals surface area contributed by atoms with Crippen molar-refractivity contribution in [2.45, 2.75) is 24.7 Å². The van der Waals surface area contributed by atoms with Crippen molar-refractivity contribution >= 4 is 11.6 Å². The summed E-state index contributed by atoms with van der Waals surface area (Å²) in [6.07, 6.45) is 0. The van der Waals surface area contributed by atoms with Gasteiger partial charge in [0, 0.05) is 30.8 Å². The number of nitrogens with zero attached hydrogens (tertiary/aromatic N) is 2. The number of Topliss-reactive ketones (excluding diaryl/α,β-unsaturated/α-hetero) is 2. The second kappa shape index (κ2) is 4.43. The summed E-state index contributed by atoms with van der Waals surface area (Å²) in [5, 5.41) is 10.0. The number of hydrogen-bond acceptors (Lipinski definition) is 7. The number of ketones is 2. The van der Waals surface area contributed by atoms with Crippen LogP contribution in [-0.4, -0.2) is 78.7 Å². The normalized spacial score (nSPS) is 41.3. The summed E-state index contributed by atoms with van der Waals surface area (Å²) in [5.74, 6) is -1.01. The topological polar surface area (TPSA) is 79.1 Å². The van der Waals surface area contributed by atoms with Crippen LogP contribution in [0.3, 0.4) is 0 Å². The van der Waals surface area contributed by atoms with Crippen LogP contribution in [0.1, 0.15) is 6.92 Å². The van der Waals surface area contributed by atoms with Crippen molar-refractivity contribution in [1.82, 2.24) is 9.80 Å². The molecule has 124 valence electrons. The van der Waals surface area contributed by atoms with Crippen molar-refractivity contribution in [1.29, 1.82) is 0 Å². The summed E-state index contributed by atoms with van der Waals surface area (Å²) in [4.78, 5) is 29.8. The van der Waals surface area contributed by atoms with Gasteiger partial charge in [-0.2, -0.15) is 0 Å². The molecule has 0 aromatic carbocycles. The van der Waals surface area contributed by atoms with Crippen molar-refractivity contribution in [3.05, 3.63) is 22.6 Å². The Bertz CT molecular complexity index is 697. The number of carbonyl (C=O) groups excluding carboxylic acids is 2. The van der Waals surface area contributed by atoms with E-state index in [0.29, 0.717) is 23.4 Å². The van der Waals surface area contributed by atoms with Crippen LogP contribution in [0, 0.1) is 5.92 Å². The van der Waals surface area contributed by atoms with Gasteiger partial charge in [0.2, 0.25) is 11.6 Å². The highest BCUT2D eigenvalue weighted by atomic mass is 16.5. The summed E-state index contributed by atoms with van der Waals surface area (Å²) in [6, 6.07) is 0.358. The fraction of sp³-hybridized carbons (Fsp3) is 0.625. The van der Waals surface area contributed by atoms with E-state index in [2.05, 4.69) is 4.90 Å². The van der Waals surface area contributed by atoms with E-state index in [1.54, 1.807) is 14.0 Å². The Hall–Kier alpha value is -1.70. The Morgan fingerprint density at radius 1 is 1.30 bits per heavy atom. The molecule has 0 aromatic rings. The van der Waals surface area contributed by atoms with Crippen LogP contribution in [0.2, 0.25) is 0 Å². The van der Waals surface area contributed by atoms with E-state index in [-0.39, 0.29) is 36.0 Å². The van der Waals surface area contributed by atoms with Crippen LogP contribution in [0.5, 0.6) is 0 Å². The van der Waals surface area contributed by atoms with Crippen LogP contribution in [0.4, 0.5) is 0 Å². The van der Waals surface area contributed by atoms with Gasteiger partial charge in [0.25, 0.3) is 0 Å². The van der Waals surface area contributed by atoms with E-state index in [9.17, 15) is 14.7 Å². The highest BCUT2D eigenvalue weighted by Crippen LogP contribution is 2.58. The SMILES string of the molecule is COC1=C(C)C(=O)C2=C(C1=O)C(CO)C1(OC)C3C(CN21)N3C. The van der Waals surface area contributed by atoms with Crippen molar-refractivity contribution in [2.24, 2.45) is 5.92 Å². The first-order chi connectivity index (χ1) is 10.9. The van der Waals surface area contributed by atoms with Gasteiger partial charge in [0.15, 0.2) is 11.5 Å². The molecule has 0 radical (unpaired) electrons. The predicted molar refractivity (Wildman–Crippen MR) is 79.1 cm³/mol. The third-order valence-electron chi connectivity index (χ3n) is 5.89. The van der Waals surface area contributed by atoms with E-state index in [4.69, 9.17) is 9.47 Å². The number of aliphatic hydroxyl groups is 1. The summed E-state index contributed by atoms with van der Waals surface area (Å²) in [5.41, 5.74) is 0.178. The van der Waals surface area contributed by atoms with Gasteiger partial charge < -0.3 is 19.5 Å². The zero-order valence-corrected chi connectivity index (χ0v) is 13.6. The molecule has 1 N–H and O–H groups in total. The monoisotopic (exact) mass is 320 g/mol. The molecule has 0 spiro atoms. The molecular formula is C16H20N2O5. The van der Waals surface area contributed by atoms with E-state index >= 15 is 0 Å². The highest BCUT2D eigenvalue weighted by molar-refractivity contribution is 6.25. The number of piperazine rings is 1. The quantitative estimate of drug-likeness (QED) is 0.543. The van der Waals surface area contributed by atoms with Crippen molar-refractivity contribution in [3.63, 3.8) is 0 Å². The van der Waals surface area contributed by atoms with E-state index in [1.807, 2.05) is 11.9 Å². The molecular weight excluding hydrogens is 300 g/mol. The number of fused-ring (bicyclic) bond motifs is 4. The maximum absolute atomic E-state index is 12.9. The minimum atomic E-state index is -0.854. The molecule has 2 saturated heterocycles. The Morgan fingerprint density at radius 3 is 2.57 bits per heavy atom. The number of likely N-dealkylation sites (N-methyl/N-ethyl adjacent to an activating group) is 1. The lowest BCUT2D eigenvalue weighted by molar-refractivity contribution is -0.144. The molecule has 0 aromatic heterocycles. The molecule has 4 aliphatic rings. The molecule has 1 aliphatic carbocycles. The number of carbonyl (C=O) groups is 2. The zero-order valence-electron chi connectivity index (χ0n) is 13.6. The van der Waals surface area contributed by atoms with Gasteiger partial charge in [-0.3, -0.25) is 14.5 Å². The third kappa shape index (κ3) is 1.42. The summed E-state index contributed by atoms with van der Waals surface area (Å²) in [6.45, 7) is 1.97. The average molecular weight is 320 g/mol.